The molecule has 2 heterocycles. The summed E-state index contributed by atoms with van der Waals surface area (Å²) in [6, 6.07) is 16.5. The fourth-order valence-corrected chi connectivity index (χ4v) is 3.08. The van der Waals surface area contributed by atoms with Crippen molar-refractivity contribution in [1.82, 2.24) is 19.1 Å². The summed E-state index contributed by atoms with van der Waals surface area (Å²) in [5.41, 5.74) is -0.480. The molecule has 32 heavy (non-hydrogen) atoms. The molecule has 4 rings (SSSR count). The van der Waals surface area contributed by atoms with Crippen molar-refractivity contribution in [2.75, 3.05) is 5.32 Å². The van der Waals surface area contributed by atoms with E-state index in [1.54, 1.807) is 74.5 Å². The fraction of sp³-hybridized carbons (Fsp3) is 0.130. The number of fused-ring (bicyclic) bond motifs is 1. The Hall–Kier alpha value is -4.40. The Labute approximate surface area is 182 Å². The van der Waals surface area contributed by atoms with Crippen molar-refractivity contribution in [2.24, 2.45) is 5.92 Å². The number of carbonyl (C=O) groups excluding carboxylic acids is 3. The minimum atomic E-state index is -0.815. The molecule has 9 nitrogen and oxygen atoms in total. The Morgan fingerprint density at radius 1 is 0.875 bits per heavy atom. The molecular weight excluding hydrogens is 410 g/mol. The smallest absolute Gasteiger partial charge is 0.288 e. The predicted octanol–water partition coefficient (Wildman–Crippen LogP) is 2.56. The fourth-order valence-electron chi connectivity index (χ4n) is 3.08. The maximum atomic E-state index is 13.5. The highest BCUT2D eigenvalue weighted by molar-refractivity contribution is 6.03. The summed E-state index contributed by atoms with van der Waals surface area (Å²) in [6.45, 7) is 3.34. The second kappa shape index (κ2) is 8.38. The molecule has 2 aromatic carbocycles. The largest absolute Gasteiger partial charge is 0.295 e. The van der Waals surface area contributed by atoms with Gasteiger partial charge in [-0.15, -0.1) is 0 Å². The Balaban J connectivity index is 1.94. The van der Waals surface area contributed by atoms with E-state index in [4.69, 9.17) is 0 Å². The summed E-state index contributed by atoms with van der Waals surface area (Å²) in [5, 5.41) is 2.52. The SMILES string of the molecule is CC(C)C(=O)Nc1nc2ncn(C(=O)c3ccccc3)c2c(=O)n1C(=O)c1ccccc1. The zero-order chi connectivity index (χ0) is 22.8. The van der Waals surface area contributed by atoms with E-state index in [1.807, 2.05) is 0 Å². The molecule has 1 amide bonds. The molecule has 0 aliphatic rings. The number of nitrogens with zero attached hydrogens (tertiary/aromatic N) is 4. The maximum absolute atomic E-state index is 13.5. The average molecular weight is 429 g/mol. The third-order valence-electron chi connectivity index (χ3n) is 4.80. The minimum absolute atomic E-state index is 0.0598. The molecule has 0 saturated heterocycles. The van der Waals surface area contributed by atoms with Gasteiger partial charge in [-0.25, -0.2) is 9.55 Å². The van der Waals surface area contributed by atoms with Gasteiger partial charge < -0.3 is 0 Å². The summed E-state index contributed by atoms with van der Waals surface area (Å²) in [4.78, 5) is 60.3. The van der Waals surface area contributed by atoms with Gasteiger partial charge in [0.05, 0.1) is 0 Å². The second-order valence-corrected chi connectivity index (χ2v) is 7.35. The Morgan fingerprint density at radius 2 is 1.44 bits per heavy atom. The Bertz CT molecular complexity index is 1390. The van der Waals surface area contributed by atoms with Crippen LogP contribution < -0.4 is 10.9 Å². The molecule has 0 spiro atoms. The lowest BCUT2D eigenvalue weighted by molar-refractivity contribution is -0.118. The molecule has 160 valence electrons. The van der Waals surface area contributed by atoms with Gasteiger partial charge in [-0.1, -0.05) is 50.2 Å². The third kappa shape index (κ3) is 3.71. The first-order chi connectivity index (χ1) is 15.4. The zero-order valence-corrected chi connectivity index (χ0v) is 17.4. The molecule has 0 aliphatic heterocycles. The number of benzene rings is 2. The maximum Gasteiger partial charge on any atom is 0.288 e. The van der Waals surface area contributed by atoms with Gasteiger partial charge in [0.15, 0.2) is 11.2 Å². The Kier molecular flexibility index (Phi) is 5.46. The second-order valence-electron chi connectivity index (χ2n) is 7.35. The highest BCUT2D eigenvalue weighted by Gasteiger charge is 2.25. The first-order valence-electron chi connectivity index (χ1n) is 9.89. The standard InChI is InChI=1S/C23H19N5O4/c1-14(2)19(29)26-23-25-18-17(22(32)28(23)21(31)16-11-7-4-8-12-16)27(13-24-18)20(30)15-9-5-3-6-10-15/h3-14H,1-2H3,(H,25,26,29). The summed E-state index contributed by atoms with van der Waals surface area (Å²) in [6.07, 6.45) is 1.18. The molecule has 2 aromatic heterocycles. The number of carbonyl (C=O) groups is 3. The van der Waals surface area contributed by atoms with Crippen LogP contribution in [0.2, 0.25) is 0 Å². The van der Waals surface area contributed by atoms with Crippen molar-refractivity contribution in [1.29, 1.82) is 0 Å². The van der Waals surface area contributed by atoms with Crippen LogP contribution in [-0.4, -0.2) is 36.8 Å². The van der Waals surface area contributed by atoms with E-state index in [1.165, 1.54) is 6.33 Å². The minimum Gasteiger partial charge on any atom is -0.295 e. The lowest BCUT2D eigenvalue weighted by Crippen LogP contribution is -2.34. The van der Waals surface area contributed by atoms with Gasteiger partial charge in [-0.3, -0.25) is 29.1 Å². The highest BCUT2D eigenvalue weighted by atomic mass is 16.2. The van der Waals surface area contributed by atoms with E-state index in [-0.39, 0.29) is 22.7 Å². The number of nitrogens with one attached hydrogen (secondary N) is 1. The summed E-state index contributed by atoms with van der Waals surface area (Å²) < 4.78 is 1.82. The van der Waals surface area contributed by atoms with Crippen molar-refractivity contribution < 1.29 is 14.4 Å². The van der Waals surface area contributed by atoms with Crippen LogP contribution in [0.15, 0.2) is 71.8 Å². The van der Waals surface area contributed by atoms with Crippen LogP contribution in [0.5, 0.6) is 0 Å². The van der Waals surface area contributed by atoms with Gasteiger partial charge in [-0.2, -0.15) is 4.98 Å². The highest BCUT2D eigenvalue weighted by Crippen LogP contribution is 2.15. The van der Waals surface area contributed by atoms with Crippen LogP contribution in [0, 0.1) is 5.92 Å². The van der Waals surface area contributed by atoms with Crippen LogP contribution >= 0.6 is 0 Å². The first-order valence-corrected chi connectivity index (χ1v) is 9.89. The van der Waals surface area contributed by atoms with Crippen LogP contribution in [0.1, 0.15) is 34.6 Å². The van der Waals surface area contributed by atoms with Crippen molar-refractivity contribution in [3.8, 4) is 0 Å². The molecule has 0 saturated carbocycles. The van der Waals surface area contributed by atoms with E-state index < -0.39 is 29.2 Å². The van der Waals surface area contributed by atoms with Crippen molar-refractivity contribution >= 4 is 34.8 Å². The summed E-state index contributed by atoms with van der Waals surface area (Å²) >= 11 is 0. The van der Waals surface area contributed by atoms with Gasteiger partial charge >= 0.3 is 0 Å². The van der Waals surface area contributed by atoms with E-state index in [9.17, 15) is 19.2 Å². The van der Waals surface area contributed by atoms with Crippen LogP contribution in [0.4, 0.5) is 5.95 Å². The number of anilines is 1. The van der Waals surface area contributed by atoms with Gasteiger partial charge in [0.1, 0.15) is 6.33 Å². The van der Waals surface area contributed by atoms with Crippen molar-refractivity contribution in [3.05, 3.63) is 88.5 Å². The normalized spacial score (nSPS) is 11.0. The van der Waals surface area contributed by atoms with E-state index in [0.717, 1.165) is 9.13 Å². The molecule has 0 radical (unpaired) electrons. The zero-order valence-electron chi connectivity index (χ0n) is 17.4. The van der Waals surface area contributed by atoms with Crippen molar-refractivity contribution in [3.63, 3.8) is 0 Å². The number of amides is 1. The average Bonchev–Trinajstić information content (AvgIpc) is 3.23. The van der Waals surface area contributed by atoms with Crippen molar-refractivity contribution in [2.45, 2.75) is 13.8 Å². The van der Waals surface area contributed by atoms with Crippen LogP contribution in [-0.2, 0) is 4.79 Å². The lowest BCUT2D eigenvalue weighted by atomic mass is 10.2. The number of aromatic nitrogens is 4. The molecule has 4 aromatic rings. The molecule has 9 heteroatoms. The lowest BCUT2D eigenvalue weighted by Gasteiger charge is -2.13. The van der Waals surface area contributed by atoms with Gasteiger partial charge in [0.2, 0.25) is 11.9 Å². The third-order valence-corrected chi connectivity index (χ3v) is 4.80. The molecule has 0 unspecified atom stereocenters. The van der Waals surface area contributed by atoms with Gasteiger partial charge in [-0.05, 0) is 24.3 Å². The first kappa shape index (κ1) is 20.9. The van der Waals surface area contributed by atoms with Crippen LogP contribution in [0.3, 0.4) is 0 Å². The van der Waals surface area contributed by atoms with Gasteiger partial charge in [0, 0.05) is 17.0 Å². The molecular formula is C23H19N5O4. The quantitative estimate of drug-likeness (QED) is 0.533. The topological polar surface area (TPSA) is 116 Å². The molecule has 0 bridgehead atoms. The molecule has 0 fully saturated rings. The predicted molar refractivity (Wildman–Crippen MR) is 118 cm³/mol. The molecule has 1 N–H and O–H groups in total. The van der Waals surface area contributed by atoms with Crippen LogP contribution in [0.25, 0.3) is 11.2 Å². The number of hydrogen-bond acceptors (Lipinski definition) is 6. The summed E-state index contributed by atoms with van der Waals surface area (Å²) in [7, 11) is 0. The summed E-state index contributed by atoms with van der Waals surface area (Å²) in [5.74, 6) is -2.29. The molecule has 0 aliphatic carbocycles. The number of rotatable bonds is 4. The number of imidazole rings is 1. The number of hydrogen-bond donors (Lipinski definition) is 1. The molecule has 0 atom stereocenters. The Morgan fingerprint density at radius 3 is 2.00 bits per heavy atom. The van der Waals surface area contributed by atoms with E-state index in [2.05, 4.69) is 15.3 Å². The van der Waals surface area contributed by atoms with E-state index >= 15 is 0 Å². The van der Waals surface area contributed by atoms with Gasteiger partial charge in [0.25, 0.3) is 17.4 Å². The monoisotopic (exact) mass is 429 g/mol. The van der Waals surface area contributed by atoms with E-state index in [0.29, 0.717) is 5.56 Å².